The van der Waals surface area contributed by atoms with Gasteiger partial charge in [-0.05, 0) is 62.4 Å². The largest absolute Gasteiger partial charge is 0.497 e. The summed E-state index contributed by atoms with van der Waals surface area (Å²) in [7, 11) is 1.45. The van der Waals surface area contributed by atoms with Gasteiger partial charge in [0.2, 0.25) is 0 Å². The van der Waals surface area contributed by atoms with Crippen LogP contribution in [0.2, 0.25) is 0 Å². The molecule has 3 aromatic rings. The fraction of sp³-hybridized carbons (Fsp3) is 0.429. The molecule has 2 heterocycles. The van der Waals surface area contributed by atoms with Crippen LogP contribution in [0.1, 0.15) is 43.8 Å². The summed E-state index contributed by atoms with van der Waals surface area (Å²) in [6.45, 7) is 1.18. The number of methoxy groups -OCH3 is 1. The Morgan fingerprint density at radius 3 is 2.44 bits per heavy atom. The summed E-state index contributed by atoms with van der Waals surface area (Å²) in [5.41, 5.74) is -0.398. The fourth-order valence-electron chi connectivity index (χ4n) is 5.22. The molecule has 39 heavy (non-hydrogen) atoms. The van der Waals surface area contributed by atoms with Crippen LogP contribution in [-0.2, 0) is 4.79 Å². The van der Waals surface area contributed by atoms with Crippen molar-refractivity contribution in [3.8, 4) is 11.5 Å². The molecule has 0 unspecified atom stereocenters. The molecule has 0 aliphatic carbocycles. The normalized spacial score (nSPS) is 16.3. The van der Waals surface area contributed by atoms with Gasteiger partial charge in [-0.15, -0.1) is 0 Å². The standard InChI is InChI=1S/C28H29F5N2O4/c1-38-18-2-3-24-19(14-18)26(23(33)16-34-24)20(30)4-5-28(15-25(36)37)6-8-35(9-7-28)10-11-39-27-21(31)12-17(29)13-22(27)32/h2-3,12-14,16,20H,4-11,15H2,1H3,(H,36,37)/t20-/m0/s1. The number of aliphatic carboxylic acids is 1. The van der Waals surface area contributed by atoms with Crippen molar-refractivity contribution in [2.24, 2.45) is 5.41 Å². The fourth-order valence-corrected chi connectivity index (χ4v) is 5.22. The maximum absolute atomic E-state index is 15.6. The van der Waals surface area contributed by atoms with Crippen LogP contribution in [0.5, 0.6) is 11.5 Å². The van der Waals surface area contributed by atoms with Gasteiger partial charge in [0.25, 0.3) is 0 Å². The lowest BCUT2D eigenvalue weighted by Crippen LogP contribution is -2.42. The number of carboxylic acid groups (broad SMARTS) is 1. The van der Waals surface area contributed by atoms with Crippen molar-refractivity contribution in [2.45, 2.75) is 38.3 Å². The Labute approximate surface area is 222 Å². The van der Waals surface area contributed by atoms with Crippen LogP contribution >= 0.6 is 0 Å². The van der Waals surface area contributed by atoms with Gasteiger partial charge in [-0.3, -0.25) is 14.7 Å². The first-order valence-corrected chi connectivity index (χ1v) is 12.6. The Hall–Kier alpha value is -3.47. The number of nitrogens with zero attached hydrogens (tertiary/aromatic N) is 2. The lowest BCUT2D eigenvalue weighted by atomic mass is 9.71. The van der Waals surface area contributed by atoms with Crippen LogP contribution < -0.4 is 9.47 Å². The van der Waals surface area contributed by atoms with Crippen LogP contribution in [0.3, 0.4) is 0 Å². The van der Waals surface area contributed by atoms with Gasteiger partial charge in [-0.25, -0.2) is 22.0 Å². The number of aromatic nitrogens is 1. The molecule has 6 nitrogen and oxygen atoms in total. The smallest absolute Gasteiger partial charge is 0.303 e. The highest BCUT2D eigenvalue weighted by Gasteiger charge is 2.37. The number of rotatable bonds is 11. The average Bonchev–Trinajstić information content (AvgIpc) is 2.89. The molecule has 1 aromatic heterocycles. The van der Waals surface area contributed by atoms with Crippen LogP contribution in [-0.4, -0.2) is 54.3 Å². The molecule has 0 radical (unpaired) electrons. The van der Waals surface area contributed by atoms with Crippen molar-refractivity contribution in [1.82, 2.24) is 9.88 Å². The molecule has 1 saturated heterocycles. The number of likely N-dealkylation sites (tertiary alicyclic amines) is 1. The minimum absolute atomic E-state index is 0.0597. The lowest BCUT2D eigenvalue weighted by Gasteiger charge is -2.41. The monoisotopic (exact) mass is 552 g/mol. The van der Waals surface area contributed by atoms with Crippen molar-refractivity contribution in [3.63, 3.8) is 0 Å². The van der Waals surface area contributed by atoms with E-state index in [2.05, 4.69) is 4.98 Å². The number of benzene rings is 2. The number of carboxylic acids is 1. The molecule has 1 fully saturated rings. The molecule has 2 aromatic carbocycles. The van der Waals surface area contributed by atoms with Gasteiger partial charge in [-0.1, -0.05) is 0 Å². The van der Waals surface area contributed by atoms with Gasteiger partial charge in [0, 0.05) is 29.6 Å². The minimum atomic E-state index is -1.68. The van der Waals surface area contributed by atoms with E-state index in [1.165, 1.54) is 13.2 Å². The Kier molecular flexibility index (Phi) is 8.89. The molecule has 1 aliphatic rings. The van der Waals surface area contributed by atoms with E-state index < -0.39 is 46.6 Å². The molecular formula is C28H29F5N2O4. The summed E-state index contributed by atoms with van der Waals surface area (Å²) in [6, 6.07) is 5.87. The first-order chi connectivity index (χ1) is 18.6. The number of hydrogen-bond acceptors (Lipinski definition) is 5. The zero-order valence-electron chi connectivity index (χ0n) is 21.4. The second-order valence-electron chi connectivity index (χ2n) is 9.87. The first kappa shape index (κ1) is 28.5. The van der Waals surface area contributed by atoms with E-state index in [1.54, 1.807) is 12.1 Å². The van der Waals surface area contributed by atoms with Gasteiger partial charge in [0.15, 0.2) is 17.4 Å². The zero-order valence-corrected chi connectivity index (χ0v) is 21.4. The molecule has 1 aliphatic heterocycles. The Morgan fingerprint density at radius 1 is 1.10 bits per heavy atom. The van der Waals surface area contributed by atoms with Gasteiger partial charge in [0.1, 0.15) is 30.2 Å². The summed E-state index contributed by atoms with van der Waals surface area (Å²) in [5.74, 6) is -5.32. The van der Waals surface area contributed by atoms with Crippen molar-refractivity contribution in [2.75, 3.05) is 33.4 Å². The molecule has 4 rings (SSSR count). The van der Waals surface area contributed by atoms with E-state index >= 15 is 4.39 Å². The van der Waals surface area contributed by atoms with Crippen molar-refractivity contribution in [1.29, 1.82) is 0 Å². The molecule has 0 bridgehead atoms. The predicted molar refractivity (Wildman–Crippen MR) is 134 cm³/mol. The van der Waals surface area contributed by atoms with E-state index in [1.807, 2.05) is 4.90 Å². The number of alkyl halides is 1. The summed E-state index contributed by atoms with van der Waals surface area (Å²) < 4.78 is 81.3. The maximum atomic E-state index is 15.6. The predicted octanol–water partition coefficient (Wildman–Crippen LogP) is 6.23. The Bertz CT molecular complexity index is 1310. The number of pyridine rings is 1. The number of fused-ring (bicyclic) bond motifs is 1. The minimum Gasteiger partial charge on any atom is -0.497 e. The summed E-state index contributed by atoms with van der Waals surface area (Å²) in [5, 5.41) is 9.86. The van der Waals surface area contributed by atoms with E-state index in [0.717, 1.165) is 6.20 Å². The van der Waals surface area contributed by atoms with Crippen LogP contribution in [0.4, 0.5) is 22.0 Å². The highest BCUT2D eigenvalue weighted by molar-refractivity contribution is 5.84. The molecule has 0 saturated carbocycles. The van der Waals surface area contributed by atoms with E-state index in [0.29, 0.717) is 61.3 Å². The number of hydrogen-bond donors (Lipinski definition) is 1. The van der Waals surface area contributed by atoms with Crippen molar-refractivity contribution < 1.29 is 41.3 Å². The molecule has 210 valence electrons. The molecule has 0 spiro atoms. The van der Waals surface area contributed by atoms with Crippen LogP contribution in [0.25, 0.3) is 10.9 Å². The van der Waals surface area contributed by atoms with E-state index in [9.17, 15) is 27.5 Å². The molecule has 0 amide bonds. The molecule has 11 heteroatoms. The van der Waals surface area contributed by atoms with Gasteiger partial charge < -0.3 is 14.6 Å². The number of halogens is 5. The number of carbonyl (C=O) groups is 1. The highest BCUT2D eigenvalue weighted by Crippen LogP contribution is 2.43. The molecule has 1 atom stereocenters. The highest BCUT2D eigenvalue weighted by atomic mass is 19.2. The summed E-state index contributed by atoms with van der Waals surface area (Å²) in [6.07, 6.45) is 0.172. The second kappa shape index (κ2) is 12.1. The average molecular weight is 553 g/mol. The molecular weight excluding hydrogens is 523 g/mol. The van der Waals surface area contributed by atoms with Gasteiger partial charge in [-0.2, -0.15) is 0 Å². The topological polar surface area (TPSA) is 71.9 Å². The van der Waals surface area contributed by atoms with E-state index in [4.69, 9.17) is 9.47 Å². The Morgan fingerprint density at radius 2 is 1.79 bits per heavy atom. The third-order valence-corrected chi connectivity index (χ3v) is 7.37. The van der Waals surface area contributed by atoms with E-state index in [-0.39, 0.29) is 31.4 Å². The lowest BCUT2D eigenvalue weighted by molar-refractivity contribution is -0.141. The molecule has 1 N–H and O–H groups in total. The second-order valence-corrected chi connectivity index (χ2v) is 9.87. The Balaban J connectivity index is 1.39. The third-order valence-electron chi connectivity index (χ3n) is 7.37. The van der Waals surface area contributed by atoms with Crippen LogP contribution in [0.15, 0.2) is 36.5 Å². The van der Waals surface area contributed by atoms with Gasteiger partial charge >= 0.3 is 5.97 Å². The summed E-state index contributed by atoms with van der Waals surface area (Å²) in [4.78, 5) is 17.6. The van der Waals surface area contributed by atoms with Crippen LogP contribution in [0, 0.1) is 28.7 Å². The summed E-state index contributed by atoms with van der Waals surface area (Å²) >= 11 is 0. The quantitative estimate of drug-likeness (QED) is 0.285. The number of ether oxygens (including phenoxy) is 2. The van der Waals surface area contributed by atoms with Crippen molar-refractivity contribution in [3.05, 3.63) is 65.4 Å². The maximum Gasteiger partial charge on any atom is 0.303 e. The number of piperidine rings is 1. The third kappa shape index (κ3) is 6.76. The van der Waals surface area contributed by atoms with Gasteiger partial charge in [0.05, 0.1) is 25.2 Å². The zero-order chi connectivity index (χ0) is 28.2. The first-order valence-electron chi connectivity index (χ1n) is 12.6. The van der Waals surface area contributed by atoms with Crippen molar-refractivity contribution >= 4 is 16.9 Å². The SMILES string of the molecule is COc1ccc2ncc(F)c([C@@H](F)CCC3(CC(=O)O)CCN(CCOc4c(F)cc(F)cc4F)CC3)c2c1.